The number of rotatable bonds is 1. The molecule has 0 saturated heterocycles. The number of hydrogen-bond acceptors (Lipinski definition) is 5. The van der Waals surface area contributed by atoms with Crippen molar-refractivity contribution in [2.45, 2.75) is 26.2 Å². The summed E-state index contributed by atoms with van der Waals surface area (Å²) in [5, 5.41) is 15.2. The van der Waals surface area contributed by atoms with Gasteiger partial charge in [-0.05, 0) is 55.0 Å². The fraction of sp³-hybridized carbons (Fsp3) is 0.278. The van der Waals surface area contributed by atoms with Gasteiger partial charge in [0.2, 0.25) is 0 Å². The highest BCUT2D eigenvalue weighted by Gasteiger charge is 2.23. The summed E-state index contributed by atoms with van der Waals surface area (Å²) in [6, 6.07) is 6.98. The molecule has 120 valence electrons. The van der Waals surface area contributed by atoms with Crippen molar-refractivity contribution in [2.24, 2.45) is 5.92 Å². The highest BCUT2D eigenvalue weighted by Crippen LogP contribution is 2.38. The van der Waals surface area contributed by atoms with Crippen molar-refractivity contribution in [3.8, 4) is 17.1 Å². The summed E-state index contributed by atoms with van der Waals surface area (Å²) < 4.78 is 1.77. The van der Waals surface area contributed by atoms with Crippen LogP contribution in [0.3, 0.4) is 0 Å². The molecule has 5 nitrogen and oxygen atoms in total. The van der Waals surface area contributed by atoms with Gasteiger partial charge in [0.25, 0.3) is 0 Å². The molecule has 0 fully saturated rings. The van der Waals surface area contributed by atoms with Crippen LogP contribution in [0.15, 0.2) is 30.6 Å². The van der Waals surface area contributed by atoms with Crippen LogP contribution in [0.4, 0.5) is 0 Å². The lowest BCUT2D eigenvalue weighted by Gasteiger charge is -2.17. The average Bonchev–Trinajstić information content (AvgIpc) is 3.15. The third kappa shape index (κ3) is 2.03. The quantitative estimate of drug-likeness (QED) is 0.574. The maximum Gasteiger partial charge on any atom is 0.182 e. The van der Waals surface area contributed by atoms with E-state index in [1.54, 1.807) is 34.3 Å². The van der Waals surface area contributed by atoms with E-state index in [0.717, 1.165) is 34.8 Å². The molecule has 3 aromatic heterocycles. The fourth-order valence-corrected chi connectivity index (χ4v) is 4.82. The summed E-state index contributed by atoms with van der Waals surface area (Å²) in [6.07, 6.45) is 5.21. The Kier molecular flexibility index (Phi) is 2.91. The van der Waals surface area contributed by atoms with Crippen molar-refractivity contribution in [3.63, 3.8) is 0 Å². The molecule has 0 saturated carbocycles. The molecule has 1 aliphatic rings. The van der Waals surface area contributed by atoms with Crippen LogP contribution in [0.2, 0.25) is 0 Å². The maximum absolute atomic E-state index is 9.46. The molecule has 0 bridgehead atoms. The third-order valence-electron chi connectivity index (χ3n) is 4.76. The summed E-state index contributed by atoms with van der Waals surface area (Å²) in [6.45, 7) is 2.32. The first-order valence-corrected chi connectivity index (χ1v) is 8.96. The molecule has 1 N–H and O–H groups in total. The molecule has 0 amide bonds. The Morgan fingerprint density at radius 3 is 2.92 bits per heavy atom. The van der Waals surface area contributed by atoms with E-state index >= 15 is 0 Å². The van der Waals surface area contributed by atoms with Crippen LogP contribution in [-0.2, 0) is 12.8 Å². The minimum absolute atomic E-state index is 0.243. The number of fused-ring (bicyclic) bond motifs is 5. The third-order valence-corrected chi connectivity index (χ3v) is 5.92. The number of aromatic hydroxyl groups is 1. The van der Waals surface area contributed by atoms with Gasteiger partial charge in [-0.2, -0.15) is 0 Å². The van der Waals surface area contributed by atoms with Crippen molar-refractivity contribution in [2.75, 3.05) is 0 Å². The van der Waals surface area contributed by atoms with E-state index in [2.05, 4.69) is 17.0 Å². The van der Waals surface area contributed by atoms with E-state index in [9.17, 15) is 5.11 Å². The molecule has 1 aromatic carbocycles. The fourth-order valence-electron chi connectivity index (χ4n) is 3.47. The first-order valence-electron chi connectivity index (χ1n) is 8.14. The van der Waals surface area contributed by atoms with Gasteiger partial charge in [-0.15, -0.1) is 16.4 Å². The SMILES string of the molecule is C[C@H]1CCc2c(sc3ncn4nc(-c5ccc(O)cc5)nc4c23)C1. The molecule has 6 heteroatoms. The molecule has 0 spiro atoms. The van der Waals surface area contributed by atoms with Crippen molar-refractivity contribution < 1.29 is 5.11 Å². The molecule has 0 radical (unpaired) electrons. The van der Waals surface area contributed by atoms with Crippen LogP contribution in [0, 0.1) is 5.92 Å². The standard InChI is InChI=1S/C18H16N4OS/c1-10-2-7-13-14(8-10)24-18-15(13)17-20-16(21-22(17)9-19-18)11-3-5-12(23)6-4-11/h3-6,9-10,23H,2,7-8H2,1H3/t10-/m0/s1. The summed E-state index contributed by atoms with van der Waals surface area (Å²) in [7, 11) is 0. The molecule has 5 rings (SSSR count). The lowest BCUT2D eigenvalue weighted by atomic mass is 9.89. The summed E-state index contributed by atoms with van der Waals surface area (Å²) in [5.41, 5.74) is 3.19. The Labute approximate surface area is 142 Å². The largest absolute Gasteiger partial charge is 0.508 e. The minimum Gasteiger partial charge on any atom is -0.508 e. The zero-order valence-corrected chi connectivity index (χ0v) is 14.0. The molecule has 24 heavy (non-hydrogen) atoms. The van der Waals surface area contributed by atoms with Crippen LogP contribution in [-0.4, -0.2) is 24.7 Å². The van der Waals surface area contributed by atoms with Gasteiger partial charge in [0.05, 0.1) is 5.39 Å². The van der Waals surface area contributed by atoms with Gasteiger partial charge in [0.15, 0.2) is 11.5 Å². The number of nitrogens with zero attached hydrogens (tertiary/aromatic N) is 4. The number of thiophene rings is 1. The molecule has 0 unspecified atom stereocenters. The molecule has 0 aliphatic heterocycles. The Bertz CT molecular complexity index is 1060. The second-order valence-corrected chi connectivity index (χ2v) is 7.61. The number of aromatic nitrogens is 4. The maximum atomic E-state index is 9.46. The van der Waals surface area contributed by atoms with Gasteiger partial charge in [-0.25, -0.2) is 14.5 Å². The molecule has 3 heterocycles. The van der Waals surface area contributed by atoms with Gasteiger partial charge in [-0.1, -0.05) is 6.92 Å². The highest BCUT2D eigenvalue weighted by molar-refractivity contribution is 7.19. The summed E-state index contributed by atoms with van der Waals surface area (Å²) >= 11 is 1.80. The van der Waals surface area contributed by atoms with Gasteiger partial charge < -0.3 is 5.11 Å². The Morgan fingerprint density at radius 1 is 1.25 bits per heavy atom. The van der Waals surface area contributed by atoms with Crippen LogP contribution < -0.4 is 0 Å². The number of hydrogen-bond donors (Lipinski definition) is 1. The van der Waals surface area contributed by atoms with Crippen molar-refractivity contribution >= 4 is 27.2 Å². The van der Waals surface area contributed by atoms with E-state index in [0.29, 0.717) is 5.82 Å². The number of benzene rings is 1. The Hall–Kier alpha value is -2.47. The molecule has 1 aliphatic carbocycles. The average molecular weight is 336 g/mol. The first-order chi connectivity index (χ1) is 11.7. The van der Waals surface area contributed by atoms with E-state index in [1.807, 2.05) is 12.1 Å². The van der Waals surface area contributed by atoms with Gasteiger partial charge in [0, 0.05) is 10.4 Å². The van der Waals surface area contributed by atoms with Gasteiger partial charge in [-0.3, -0.25) is 0 Å². The first kappa shape index (κ1) is 13.9. The second-order valence-electron chi connectivity index (χ2n) is 6.53. The van der Waals surface area contributed by atoms with Gasteiger partial charge >= 0.3 is 0 Å². The summed E-state index contributed by atoms with van der Waals surface area (Å²) in [4.78, 5) is 11.9. The number of phenolic OH excluding ortho intramolecular Hbond substituents is 1. The molecule has 4 aromatic rings. The normalized spacial score (nSPS) is 17.5. The van der Waals surface area contributed by atoms with Crippen molar-refractivity contribution in [3.05, 3.63) is 41.0 Å². The zero-order chi connectivity index (χ0) is 16.3. The predicted octanol–water partition coefficient (Wildman–Crippen LogP) is 3.84. The highest BCUT2D eigenvalue weighted by atomic mass is 32.1. The predicted molar refractivity (Wildman–Crippen MR) is 94.5 cm³/mol. The van der Waals surface area contributed by atoms with E-state index < -0.39 is 0 Å². The Morgan fingerprint density at radius 2 is 2.08 bits per heavy atom. The van der Waals surface area contributed by atoms with Gasteiger partial charge in [0.1, 0.15) is 16.9 Å². The monoisotopic (exact) mass is 336 g/mol. The Balaban J connectivity index is 1.74. The molecular weight excluding hydrogens is 320 g/mol. The molecule has 1 atom stereocenters. The zero-order valence-electron chi connectivity index (χ0n) is 13.2. The topological polar surface area (TPSA) is 63.3 Å². The van der Waals surface area contributed by atoms with Crippen molar-refractivity contribution in [1.29, 1.82) is 0 Å². The van der Waals surface area contributed by atoms with Crippen LogP contribution in [0.25, 0.3) is 27.3 Å². The lowest BCUT2D eigenvalue weighted by Crippen LogP contribution is -2.08. The smallest absolute Gasteiger partial charge is 0.182 e. The van der Waals surface area contributed by atoms with Crippen molar-refractivity contribution in [1.82, 2.24) is 19.6 Å². The lowest BCUT2D eigenvalue weighted by molar-refractivity contribution is 0.475. The van der Waals surface area contributed by atoms with Crippen LogP contribution >= 0.6 is 11.3 Å². The van der Waals surface area contributed by atoms with Crippen LogP contribution in [0.1, 0.15) is 23.8 Å². The second kappa shape index (κ2) is 5.01. The number of phenols is 1. The minimum atomic E-state index is 0.243. The van der Waals surface area contributed by atoms with E-state index in [1.165, 1.54) is 22.2 Å². The van der Waals surface area contributed by atoms with E-state index in [-0.39, 0.29) is 5.75 Å². The van der Waals surface area contributed by atoms with E-state index in [4.69, 9.17) is 4.98 Å². The van der Waals surface area contributed by atoms with Crippen LogP contribution in [0.5, 0.6) is 5.75 Å². The number of aryl methyl sites for hydroxylation is 1. The summed E-state index contributed by atoms with van der Waals surface area (Å²) in [5.74, 6) is 1.65. The molecular formula is C18H16N4OS.